The van der Waals surface area contributed by atoms with Gasteiger partial charge in [0, 0.05) is 44.5 Å². The molecular weight excluding hydrogens is 422 g/mol. The molecular formula is C28H29N5O. The number of primary amides is 1. The smallest absolute Gasteiger partial charge is 0.268 e. The lowest BCUT2D eigenvalue weighted by Crippen LogP contribution is -2.46. The third-order valence-electron chi connectivity index (χ3n) is 6.44. The number of rotatable bonds is 7. The van der Waals surface area contributed by atoms with Crippen LogP contribution in [0.3, 0.4) is 0 Å². The Morgan fingerprint density at radius 2 is 1.65 bits per heavy atom. The van der Waals surface area contributed by atoms with Crippen LogP contribution in [0.4, 0.5) is 5.69 Å². The Kier molecular flexibility index (Phi) is 6.14. The highest BCUT2D eigenvalue weighted by molar-refractivity contribution is 5.99. The molecule has 0 unspecified atom stereocenters. The summed E-state index contributed by atoms with van der Waals surface area (Å²) in [5, 5.41) is 0. The van der Waals surface area contributed by atoms with Crippen molar-refractivity contribution in [2.75, 3.05) is 37.6 Å². The van der Waals surface area contributed by atoms with Crippen LogP contribution in [0.25, 0.3) is 16.9 Å². The number of nitrogens with two attached hydrogens (primary N) is 1. The van der Waals surface area contributed by atoms with Crippen LogP contribution in [0.15, 0.2) is 85.6 Å². The summed E-state index contributed by atoms with van der Waals surface area (Å²) >= 11 is 0. The molecule has 1 saturated heterocycles. The molecule has 34 heavy (non-hydrogen) atoms. The second-order valence-electron chi connectivity index (χ2n) is 8.70. The minimum atomic E-state index is -0.483. The van der Waals surface area contributed by atoms with E-state index in [1.807, 2.05) is 40.9 Å². The number of anilines is 1. The predicted molar refractivity (Wildman–Crippen MR) is 137 cm³/mol. The predicted octanol–water partition coefficient (Wildman–Crippen LogP) is 4.00. The van der Waals surface area contributed by atoms with Crippen LogP contribution in [-0.4, -0.2) is 52.9 Å². The van der Waals surface area contributed by atoms with Gasteiger partial charge in [0.1, 0.15) is 11.4 Å². The van der Waals surface area contributed by atoms with E-state index in [9.17, 15) is 4.79 Å². The van der Waals surface area contributed by atoms with Crippen LogP contribution < -0.4 is 10.6 Å². The first-order valence-electron chi connectivity index (χ1n) is 11.7. The summed E-state index contributed by atoms with van der Waals surface area (Å²) in [5.74, 6) is -0.483. The molecule has 2 aromatic heterocycles. The van der Waals surface area contributed by atoms with E-state index in [-0.39, 0.29) is 0 Å². The van der Waals surface area contributed by atoms with Crippen molar-refractivity contribution in [2.24, 2.45) is 5.73 Å². The van der Waals surface area contributed by atoms with Gasteiger partial charge < -0.3 is 10.6 Å². The fraction of sp³-hybridized carbons (Fsp3) is 0.214. The Morgan fingerprint density at radius 1 is 0.941 bits per heavy atom. The van der Waals surface area contributed by atoms with Gasteiger partial charge in [0.05, 0.1) is 5.69 Å². The summed E-state index contributed by atoms with van der Waals surface area (Å²) in [6.45, 7) is 8.47. The highest BCUT2D eigenvalue weighted by Gasteiger charge is 2.24. The number of hydrogen-bond acceptors (Lipinski definition) is 4. The fourth-order valence-electron chi connectivity index (χ4n) is 4.70. The van der Waals surface area contributed by atoms with Crippen LogP contribution in [0.5, 0.6) is 0 Å². The van der Waals surface area contributed by atoms with Crippen molar-refractivity contribution >= 4 is 17.2 Å². The van der Waals surface area contributed by atoms with Crippen LogP contribution in [0.2, 0.25) is 0 Å². The van der Waals surface area contributed by atoms with Crippen LogP contribution in [0.1, 0.15) is 21.6 Å². The average Bonchev–Trinajstić information content (AvgIpc) is 3.26. The lowest BCUT2D eigenvalue weighted by Gasteiger charge is -2.35. The van der Waals surface area contributed by atoms with Gasteiger partial charge in [-0.3, -0.25) is 14.1 Å². The topological polar surface area (TPSA) is 66.9 Å². The number of piperazine rings is 1. The molecule has 6 nitrogen and oxygen atoms in total. The van der Waals surface area contributed by atoms with Gasteiger partial charge >= 0.3 is 0 Å². The number of amides is 1. The fourth-order valence-corrected chi connectivity index (χ4v) is 4.70. The summed E-state index contributed by atoms with van der Waals surface area (Å²) in [6, 6.07) is 22.7. The Bertz CT molecular complexity index is 1300. The van der Waals surface area contributed by atoms with Crippen molar-refractivity contribution in [3.8, 4) is 11.3 Å². The minimum Gasteiger partial charge on any atom is -0.366 e. The standard InChI is InChI=1S/C28H29N5O/c1-2-14-31-16-18-32(19-17-31)24-9-6-15-33-26(27(29)34)25(30-28(24)33)23-12-10-22(11-13-23)20-21-7-4-3-5-8-21/h2-13,15H,1,14,16-20H2,(H2,29,34). The van der Waals surface area contributed by atoms with Crippen molar-refractivity contribution in [1.29, 1.82) is 0 Å². The van der Waals surface area contributed by atoms with E-state index < -0.39 is 5.91 Å². The lowest BCUT2D eigenvalue weighted by molar-refractivity contribution is 0.0995. The van der Waals surface area contributed by atoms with Crippen molar-refractivity contribution < 1.29 is 4.79 Å². The van der Waals surface area contributed by atoms with Crippen LogP contribution in [0, 0.1) is 0 Å². The molecule has 0 aliphatic carbocycles. The molecule has 3 heterocycles. The second-order valence-corrected chi connectivity index (χ2v) is 8.70. The first kappa shape index (κ1) is 21.9. The molecule has 5 rings (SSSR count). The first-order chi connectivity index (χ1) is 16.6. The maximum Gasteiger partial charge on any atom is 0.268 e. The maximum atomic E-state index is 12.5. The van der Waals surface area contributed by atoms with E-state index in [2.05, 4.69) is 58.8 Å². The molecule has 0 radical (unpaired) electrons. The Hall–Kier alpha value is -3.90. The van der Waals surface area contributed by atoms with Gasteiger partial charge in [0.15, 0.2) is 5.65 Å². The third kappa shape index (κ3) is 4.32. The monoisotopic (exact) mass is 451 g/mol. The molecule has 4 aromatic rings. The third-order valence-corrected chi connectivity index (χ3v) is 6.44. The van der Waals surface area contributed by atoms with Gasteiger partial charge in [-0.05, 0) is 29.7 Å². The van der Waals surface area contributed by atoms with Crippen molar-refractivity contribution in [3.63, 3.8) is 0 Å². The van der Waals surface area contributed by atoms with E-state index in [0.717, 1.165) is 56.0 Å². The number of imidazole rings is 1. The van der Waals surface area contributed by atoms with E-state index in [1.54, 1.807) is 0 Å². The average molecular weight is 452 g/mol. The molecule has 1 amide bonds. The van der Waals surface area contributed by atoms with Crippen molar-refractivity contribution in [2.45, 2.75) is 6.42 Å². The quantitative estimate of drug-likeness (QED) is 0.432. The Morgan fingerprint density at radius 3 is 2.32 bits per heavy atom. The number of hydrogen-bond donors (Lipinski definition) is 1. The largest absolute Gasteiger partial charge is 0.366 e. The molecule has 2 N–H and O–H groups in total. The zero-order valence-electron chi connectivity index (χ0n) is 19.2. The number of nitrogens with zero attached hydrogens (tertiary/aromatic N) is 4. The van der Waals surface area contributed by atoms with Gasteiger partial charge in [0.2, 0.25) is 0 Å². The van der Waals surface area contributed by atoms with E-state index >= 15 is 0 Å². The number of carbonyl (C=O) groups excluding carboxylic acids is 1. The minimum absolute atomic E-state index is 0.415. The Balaban J connectivity index is 1.48. The summed E-state index contributed by atoms with van der Waals surface area (Å²) in [4.78, 5) is 22.2. The maximum absolute atomic E-state index is 12.5. The van der Waals surface area contributed by atoms with Crippen molar-refractivity contribution in [1.82, 2.24) is 14.3 Å². The number of carbonyl (C=O) groups is 1. The van der Waals surface area contributed by atoms with E-state index in [4.69, 9.17) is 10.7 Å². The Labute approximate surface area is 199 Å². The SMILES string of the molecule is C=CCN1CCN(c2cccn3c(C(N)=O)c(-c4ccc(Cc5ccccc5)cc4)nc23)CC1. The molecule has 0 atom stereocenters. The van der Waals surface area contributed by atoms with Crippen LogP contribution >= 0.6 is 0 Å². The number of pyridine rings is 1. The van der Waals surface area contributed by atoms with E-state index in [1.165, 1.54) is 11.1 Å². The summed E-state index contributed by atoms with van der Waals surface area (Å²) in [6.07, 6.45) is 4.67. The first-order valence-corrected chi connectivity index (χ1v) is 11.7. The number of benzene rings is 2. The molecule has 0 bridgehead atoms. The van der Waals surface area contributed by atoms with Gasteiger partial charge in [-0.1, -0.05) is 60.7 Å². The highest BCUT2D eigenvalue weighted by Crippen LogP contribution is 2.30. The summed E-state index contributed by atoms with van der Waals surface area (Å²) in [7, 11) is 0. The van der Waals surface area contributed by atoms with Gasteiger partial charge in [-0.25, -0.2) is 4.98 Å². The molecule has 1 aliphatic heterocycles. The van der Waals surface area contributed by atoms with Crippen molar-refractivity contribution in [3.05, 3.63) is 102 Å². The van der Waals surface area contributed by atoms with Crippen LogP contribution in [-0.2, 0) is 6.42 Å². The lowest BCUT2D eigenvalue weighted by atomic mass is 10.0. The molecule has 0 spiro atoms. The normalized spacial score (nSPS) is 14.4. The van der Waals surface area contributed by atoms with Gasteiger partial charge in [-0.15, -0.1) is 6.58 Å². The highest BCUT2D eigenvalue weighted by atomic mass is 16.1. The number of aromatic nitrogens is 2. The molecule has 2 aromatic carbocycles. The second kappa shape index (κ2) is 9.53. The molecule has 6 heteroatoms. The van der Waals surface area contributed by atoms with E-state index in [0.29, 0.717) is 11.4 Å². The van der Waals surface area contributed by atoms with Gasteiger partial charge in [0.25, 0.3) is 5.91 Å². The number of fused-ring (bicyclic) bond motifs is 1. The zero-order chi connectivity index (χ0) is 23.5. The molecule has 0 saturated carbocycles. The molecule has 172 valence electrons. The zero-order valence-corrected chi connectivity index (χ0v) is 19.2. The summed E-state index contributed by atoms with van der Waals surface area (Å²) in [5.41, 5.74) is 12.0. The molecule has 1 fully saturated rings. The summed E-state index contributed by atoms with van der Waals surface area (Å²) < 4.78 is 1.83. The van der Waals surface area contributed by atoms with Gasteiger partial charge in [-0.2, -0.15) is 0 Å². The molecule has 1 aliphatic rings.